The van der Waals surface area contributed by atoms with E-state index in [1.807, 2.05) is 24.3 Å². The van der Waals surface area contributed by atoms with E-state index in [4.69, 9.17) is 11.6 Å². The van der Waals surface area contributed by atoms with E-state index in [-0.39, 0.29) is 11.9 Å². The van der Waals surface area contributed by atoms with E-state index < -0.39 is 0 Å². The molecule has 1 amide bonds. The van der Waals surface area contributed by atoms with Gasteiger partial charge in [-0.15, -0.1) is 5.10 Å². The number of hydrogen-bond acceptors (Lipinski definition) is 4. The number of aromatic nitrogens is 3. The number of hydrogen-bond donors (Lipinski definition) is 2. The van der Waals surface area contributed by atoms with E-state index in [9.17, 15) is 4.79 Å². The maximum absolute atomic E-state index is 12.9. The molecule has 2 saturated heterocycles. The Balaban J connectivity index is 1.56. The molecule has 2 aliphatic heterocycles. The van der Waals surface area contributed by atoms with Crippen LogP contribution >= 0.6 is 11.6 Å². The summed E-state index contributed by atoms with van der Waals surface area (Å²) in [6.07, 6.45) is 6.05. The van der Waals surface area contributed by atoms with Crippen LogP contribution in [0.25, 0.3) is 5.69 Å². The average Bonchev–Trinajstić information content (AvgIpc) is 3.18. The summed E-state index contributed by atoms with van der Waals surface area (Å²) in [7, 11) is 0. The summed E-state index contributed by atoms with van der Waals surface area (Å²) in [6, 6.07) is 8.74. The van der Waals surface area contributed by atoms with Gasteiger partial charge in [-0.1, -0.05) is 36.2 Å². The van der Waals surface area contributed by atoms with Gasteiger partial charge >= 0.3 is 0 Å². The normalized spacial score (nSPS) is 24.6. The average molecular weight is 374 g/mol. The Morgan fingerprint density at radius 2 is 2.12 bits per heavy atom. The zero-order valence-corrected chi connectivity index (χ0v) is 15.7. The summed E-state index contributed by atoms with van der Waals surface area (Å²) in [5.41, 5.74) is 2.09. The van der Waals surface area contributed by atoms with Crippen LogP contribution in [-0.4, -0.2) is 39.0 Å². The Kier molecular flexibility index (Phi) is 4.96. The summed E-state index contributed by atoms with van der Waals surface area (Å²) in [6.45, 7) is 2.08. The van der Waals surface area contributed by atoms with Crippen LogP contribution in [0.15, 0.2) is 24.3 Å². The molecule has 2 fully saturated rings. The standard InChI is InChI=1S/C19H24ClN5O/c1-2-4-17-18(23-24-25(17)16-6-3-5-12(20)9-16)19(26)22-15-10-13-7-8-14(11-15)21-13/h3,5-6,9,13-15,21H,2,4,7-8,10-11H2,1H3,(H,22,26). The van der Waals surface area contributed by atoms with Crippen LogP contribution in [0.4, 0.5) is 0 Å². The van der Waals surface area contributed by atoms with Crippen LogP contribution in [0.2, 0.25) is 5.02 Å². The van der Waals surface area contributed by atoms with Gasteiger partial charge in [0, 0.05) is 23.1 Å². The number of benzene rings is 1. The van der Waals surface area contributed by atoms with Crippen molar-refractivity contribution >= 4 is 17.5 Å². The Bertz CT molecular complexity index is 793. The number of rotatable bonds is 5. The molecule has 2 bridgehead atoms. The molecule has 0 saturated carbocycles. The molecule has 3 heterocycles. The van der Waals surface area contributed by atoms with Crippen molar-refractivity contribution in [3.63, 3.8) is 0 Å². The SMILES string of the molecule is CCCc1c(C(=O)NC2CC3CCC(C2)N3)nnn1-c1cccc(Cl)c1. The fourth-order valence-electron chi connectivity index (χ4n) is 4.18. The van der Waals surface area contributed by atoms with Crippen molar-refractivity contribution < 1.29 is 4.79 Å². The lowest BCUT2D eigenvalue weighted by Gasteiger charge is -2.29. The number of carbonyl (C=O) groups excluding carboxylic acids is 1. The first-order chi connectivity index (χ1) is 12.6. The van der Waals surface area contributed by atoms with Crippen LogP contribution in [0.1, 0.15) is 55.2 Å². The minimum absolute atomic E-state index is 0.118. The highest BCUT2D eigenvalue weighted by Crippen LogP contribution is 2.27. The van der Waals surface area contributed by atoms with Crippen molar-refractivity contribution in [1.82, 2.24) is 25.6 Å². The lowest BCUT2D eigenvalue weighted by Crippen LogP contribution is -2.48. The molecule has 0 spiro atoms. The summed E-state index contributed by atoms with van der Waals surface area (Å²) >= 11 is 6.11. The van der Waals surface area contributed by atoms with Gasteiger partial charge in [-0.05, 0) is 50.3 Å². The van der Waals surface area contributed by atoms with Gasteiger partial charge in [0.05, 0.1) is 11.4 Å². The van der Waals surface area contributed by atoms with Gasteiger partial charge < -0.3 is 10.6 Å². The largest absolute Gasteiger partial charge is 0.348 e. The van der Waals surface area contributed by atoms with Gasteiger partial charge in [-0.2, -0.15) is 0 Å². The van der Waals surface area contributed by atoms with Crippen LogP contribution in [0, 0.1) is 0 Å². The maximum atomic E-state index is 12.9. The zero-order chi connectivity index (χ0) is 18.1. The second kappa shape index (κ2) is 7.37. The molecule has 2 N–H and O–H groups in total. The number of halogens is 1. The van der Waals surface area contributed by atoms with E-state index in [0.717, 1.165) is 37.1 Å². The molecule has 6 nitrogen and oxygen atoms in total. The summed E-state index contributed by atoms with van der Waals surface area (Å²) in [4.78, 5) is 12.9. The van der Waals surface area contributed by atoms with Crippen LogP contribution in [0.3, 0.4) is 0 Å². The van der Waals surface area contributed by atoms with Crippen molar-refractivity contribution in [2.24, 2.45) is 0 Å². The highest BCUT2D eigenvalue weighted by Gasteiger charge is 2.34. The molecule has 2 unspecified atom stereocenters. The molecular formula is C19H24ClN5O. The van der Waals surface area contributed by atoms with Gasteiger partial charge in [0.1, 0.15) is 0 Å². The van der Waals surface area contributed by atoms with Gasteiger partial charge in [0.15, 0.2) is 5.69 Å². The predicted molar refractivity (Wildman–Crippen MR) is 101 cm³/mol. The third kappa shape index (κ3) is 3.48. The van der Waals surface area contributed by atoms with Crippen molar-refractivity contribution in [2.75, 3.05) is 0 Å². The van der Waals surface area contributed by atoms with Gasteiger partial charge in [-0.3, -0.25) is 4.79 Å². The fraction of sp³-hybridized carbons (Fsp3) is 0.526. The molecule has 1 aromatic carbocycles. The number of carbonyl (C=O) groups is 1. The molecule has 0 aliphatic carbocycles. The molecule has 138 valence electrons. The first-order valence-electron chi connectivity index (χ1n) is 9.41. The first-order valence-corrected chi connectivity index (χ1v) is 9.79. The number of piperidine rings is 1. The molecule has 1 aromatic heterocycles. The number of nitrogens with zero attached hydrogens (tertiary/aromatic N) is 3. The minimum atomic E-state index is -0.118. The molecule has 7 heteroatoms. The Hall–Kier alpha value is -1.92. The van der Waals surface area contributed by atoms with E-state index >= 15 is 0 Å². The van der Waals surface area contributed by atoms with E-state index in [1.165, 1.54) is 12.8 Å². The lowest BCUT2D eigenvalue weighted by molar-refractivity contribution is 0.0918. The third-order valence-electron chi connectivity index (χ3n) is 5.33. The lowest BCUT2D eigenvalue weighted by atomic mass is 9.99. The fourth-order valence-corrected chi connectivity index (χ4v) is 4.37. The van der Waals surface area contributed by atoms with Crippen LogP contribution < -0.4 is 10.6 Å². The van der Waals surface area contributed by atoms with Crippen molar-refractivity contribution in [3.05, 3.63) is 40.7 Å². The quantitative estimate of drug-likeness (QED) is 0.845. The highest BCUT2D eigenvalue weighted by molar-refractivity contribution is 6.30. The molecule has 2 aromatic rings. The topological polar surface area (TPSA) is 71.8 Å². The second-order valence-corrected chi connectivity index (χ2v) is 7.74. The van der Waals surface area contributed by atoms with Crippen LogP contribution in [-0.2, 0) is 6.42 Å². The molecule has 4 rings (SSSR count). The maximum Gasteiger partial charge on any atom is 0.273 e. The van der Waals surface area contributed by atoms with Gasteiger partial charge in [0.2, 0.25) is 0 Å². The monoisotopic (exact) mass is 373 g/mol. The Morgan fingerprint density at radius 3 is 2.81 bits per heavy atom. The van der Waals surface area contributed by atoms with Crippen molar-refractivity contribution in [2.45, 2.75) is 63.6 Å². The smallest absolute Gasteiger partial charge is 0.273 e. The van der Waals surface area contributed by atoms with Crippen molar-refractivity contribution in [3.8, 4) is 5.69 Å². The first kappa shape index (κ1) is 17.5. The summed E-state index contributed by atoms with van der Waals surface area (Å²) in [5.74, 6) is -0.118. The predicted octanol–water partition coefficient (Wildman–Crippen LogP) is 2.89. The molecular weight excluding hydrogens is 350 g/mol. The molecule has 0 radical (unpaired) electrons. The Morgan fingerprint density at radius 1 is 1.35 bits per heavy atom. The number of nitrogens with one attached hydrogen (secondary N) is 2. The van der Waals surface area contributed by atoms with Gasteiger partial charge in [-0.25, -0.2) is 4.68 Å². The third-order valence-corrected chi connectivity index (χ3v) is 5.56. The second-order valence-electron chi connectivity index (χ2n) is 7.31. The van der Waals surface area contributed by atoms with Crippen LogP contribution in [0.5, 0.6) is 0 Å². The zero-order valence-electron chi connectivity index (χ0n) is 14.9. The van der Waals surface area contributed by atoms with E-state index in [0.29, 0.717) is 22.8 Å². The van der Waals surface area contributed by atoms with Gasteiger partial charge in [0.25, 0.3) is 5.91 Å². The van der Waals surface area contributed by atoms with E-state index in [2.05, 4.69) is 27.9 Å². The molecule has 26 heavy (non-hydrogen) atoms. The summed E-state index contributed by atoms with van der Waals surface area (Å²) in [5, 5.41) is 15.9. The number of fused-ring (bicyclic) bond motifs is 2. The highest BCUT2D eigenvalue weighted by atomic mass is 35.5. The summed E-state index contributed by atoms with van der Waals surface area (Å²) < 4.78 is 1.73. The molecule has 2 atom stereocenters. The van der Waals surface area contributed by atoms with Crippen molar-refractivity contribution in [1.29, 1.82) is 0 Å². The minimum Gasteiger partial charge on any atom is -0.348 e. The van der Waals surface area contributed by atoms with E-state index in [1.54, 1.807) is 4.68 Å². The Labute approximate surface area is 158 Å². The molecule has 2 aliphatic rings. The number of amides is 1.